The van der Waals surface area contributed by atoms with Crippen molar-refractivity contribution < 1.29 is 10.2 Å². The van der Waals surface area contributed by atoms with Crippen LogP contribution in [0.2, 0.25) is 0 Å². The van der Waals surface area contributed by atoms with Gasteiger partial charge in [-0.1, -0.05) is 19.1 Å². The van der Waals surface area contributed by atoms with E-state index in [1.54, 1.807) is 6.33 Å². The predicted octanol–water partition coefficient (Wildman–Crippen LogP) is 4.42. The highest BCUT2D eigenvalue weighted by Gasteiger charge is 2.42. The van der Waals surface area contributed by atoms with E-state index in [1.807, 2.05) is 16.8 Å². The van der Waals surface area contributed by atoms with Crippen LogP contribution in [-0.2, 0) is 12.8 Å². The van der Waals surface area contributed by atoms with E-state index < -0.39 is 12.2 Å². The lowest BCUT2D eigenvalue weighted by molar-refractivity contribution is 0.00545. The molecule has 35 heavy (non-hydrogen) atoms. The summed E-state index contributed by atoms with van der Waals surface area (Å²) in [5, 5.41) is 27.5. The molecule has 6 rings (SSSR count). The van der Waals surface area contributed by atoms with E-state index in [2.05, 4.69) is 52.5 Å². The number of pyridine rings is 1. The van der Waals surface area contributed by atoms with Crippen LogP contribution >= 0.6 is 0 Å². The van der Waals surface area contributed by atoms with Crippen molar-refractivity contribution in [2.75, 3.05) is 5.32 Å². The van der Waals surface area contributed by atoms with Gasteiger partial charge in [0.1, 0.15) is 23.9 Å². The maximum absolute atomic E-state index is 10.9. The van der Waals surface area contributed by atoms with E-state index in [1.165, 1.54) is 24.8 Å². The van der Waals surface area contributed by atoms with Crippen molar-refractivity contribution in [3.05, 3.63) is 60.2 Å². The van der Waals surface area contributed by atoms with Crippen molar-refractivity contribution in [1.29, 1.82) is 0 Å². The molecular weight excluding hydrogens is 438 g/mol. The van der Waals surface area contributed by atoms with Crippen LogP contribution in [0.25, 0.3) is 21.9 Å². The fraction of sp³-hybridized carbons (Fsp3) is 0.464. The summed E-state index contributed by atoms with van der Waals surface area (Å²) in [5.74, 6) is 0.973. The number of nitrogens with zero attached hydrogens (tertiary/aromatic N) is 4. The van der Waals surface area contributed by atoms with Gasteiger partial charge in [0.25, 0.3) is 0 Å². The van der Waals surface area contributed by atoms with E-state index in [9.17, 15) is 10.2 Å². The van der Waals surface area contributed by atoms with Gasteiger partial charge in [0.05, 0.1) is 23.4 Å². The first-order valence-corrected chi connectivity index (χ1v) is 12.9. The molecule has 3 heterocycles. The van der Waals surface area contributed by atoms with Crippen molar-refractivity contribution in [3.63, 3.8) is 0 Å². The van der Waals surface area contributed by atoms with Crippen LogP contribution in [0.1, 0.15) is 56.3 Å². The molecule has 1 aromatic carbocycles. The highest BCUT2D eigenvalue weighted by molar-refractivity contribution is 5.81. The van der Waals surface area contributed by atoms with E-state index in [0.29, 0.717) is 6.04 Å². The Hall–Kier alpha value is -3.03. The molecule has 4 atom stereocenters. The zero-order chi connectivity index (χ0) is 23.9. The average molecular weight is 472 g/mol. The Morgan fingerprint density at radius 1 is 1.06 bits per heavy atom. The monoisotopic (exact) mass is 471 g/mol. The van der Waals surface area contributed by atoms with E-state index in [-0.39, 0.29) is 12.0 Å². The number of hydrogen-bond acceptors (Lipinski definition) is 6. The summed E-state index contributed by atoms with van der Waals surface area (Å²) in [4.78, 5) is 13.7. The summed E-state index contributed by atoms with van der Waals surface area (Å²) < 4.78 is 2.03. The Morgan fingerprint density at radius 2 is 1.91 bits per heavy atom. The molecule has 2 fully saturated rings. The molecule has 2 saturated carbocycles. The van der Waals surface area contributed by atoms with Crippen molar-refractivity contribution in [3.8, 4) is 0 Å². The van der Waals surface area contributed by atoms with Crippen molar-refractivity contribution in [1.82, 2.24) is 19.5 Å². The van der Waals surface area contributed by atoms with Crippen molar-refractivity contribution >= 4 is 27.8 Å². The molecule has 7 heteroatoms. The van der Waals surface area contributed by atoms with Crippen LogP contribution in [-0.4, -0.2) is 48.0 Å². The second-order valence-electron chi connectivity index (χ2n) is 10.2. The third-order valence-corrected chi connectivity index (χ3v) is 8.07. The molecular formula is C28H33N5O2. The Labute approximate surface area is 205 Å². The Bertz CT molecular complexity index is 1350. The minimum Gasteiger partial charge on any atom is -0.390 e. The molecule has 0 radical (unpaired) electrons. The average Bonchev–Trinajstić information content (AvgIpc) is 3.40. The normalized spacial score (nSPS) is 24.8. The molecule has 0 unspecified atom stereocenters. The first-order chi connectivity index (χ1) is 17.1. The molecule has 0 bridgehead atoms. The third-order valence-electron chi connectivity index (χ3n) is 8.07. The fourth-order valence-electron chi connectivity index (χ4n) is 5.75. The van der Waals surface area contributed by atoms with Crippen molar-refractivity contribution in [2.24, 2.45) is 5.92 Å². The van der Waals surface area contributed by atoms with Crippen LogP contribution in [0.4, 0.5) is 5.82 Å². The van der Waals surface area contributed by atoms with E-state index in [0.717, 1.165) is 59.1 Å². The Balaban J connectivity index is 1.16. The molecule has 4 aromatic rings. The van der Waals surface area contributed by atoms with Gasteiger partial charge in [0.15, 0.2) is 0 Å². The highest BCUT2D eigenvalue weighted by Crippen LogP contribution is 2.39. The van der Waals surface area contributed by atoms with Gasteiger partial charge < -0.3 is 20.1 Å². The minimum atomic E-state index is -0.811. The maximum Gasteiger partial charge on any atom is 0.143 e. The lowest BCUT2D eigenvalue weighted by atomic mass is 9.93. The van der Waals surface area contributed by atoms with Gasteiger partial charge in [-0.05, 0) is 80.7 Å². The summed E-state index contributed by atoms with van der Waals surface area (Å²) in [6, 6.07) is 13.0. The van der Waals surface area contributed by atoms with Crippen LogP contribution in [0.5, 0.6) is 0 Å². The third kappa shape index (κ3) is 4.17. The summed E-state index contributed by atoms with van der Waals surface area (Å²) in [7, 11) is 0. The molecule has 0 spiro atoms. The van der Waals surface area contributed by atoms with Gasteiger partial charge in [-0.3, -0.25) is 0 Å². The van der Waals surface area contributed by atoms with Gasteiger partial charge in [0.2, 0.25) is 0 Å². The van der Waals surface area contributed by atoms with Gasteiger partial charge in [-0.25, -0.2) is 15.0 Å². The number of aryl methyl sites for hydroxylation is 2. The molecule has 0 amide bonds. The predicted molar refractivity (Wildman–Crippen MR) is 137 cm³/mol. The zero-order valence-corrected chi connectivity index (χ0v) is 20.1. The molecule has 182 valence electrons. The Morgan fingerprint density at radius 3 is 2.71 bits per heavy atom. The molecule has 3 N–H and O–H groups in total. The van der Waals surface area contributed by atoms with E-state index in [4.69, 9.17) is 4.98 Å². The second-order valence-corrected chi connectivity index (χ2v) is 10.2. The standard InChI is InChI=1S/C28H33N5O2/c1-2-22-21-12-13-33(28(21)30-16-29-22)24-15-19(26(34)27(24)35)9-7-17-6-8-18-10-11-25(32-23(18)14-17)31-20-4-3-5-20/h6,8,10-14,16,19-20,24,26-27,34-35H,2-5,7,9,15H2,1H3,(H,31,32)/t19-,24+,26+,27-/m0/s1. The van der Waals surface area contributed by atoms with Crippen LogP contribution in [0.3, 0.4) is 0 Å². The number of fused-ring (bicyclic) bond motifs is 2. The van der Waals surface area contributed by atoms with Crippen molar-refractivity contribution in [2.45, 2.75) is 76.2 Å². The number of hydrogen-bond donors (Lipinski definition) is 3. The quantitative estimate of drug-likeness (QED) is 0.369. The fourth-order valence-corrected chi connectivity index (χ4v) is 5.75. The second kappa shape index (κ2) is 9.21. The summed E-state index contributed by atoms with van der Waals surface area (Å²) in [6.07, 6.45) is 8.97. The number of aliphatic hydroxyl groups is 2. The molecule has 3 aromatic heterocycles. The molecule has 2 aliphatic carbocycles. The van der Waals surface area contributed by atoms with Gasteiger partial charge >= 0.3 is 0 Å². The number of nitrogens with one attached hydrogen (secondary N) is 1. The molecule has 0 aliphatic heterocycles. The van der Waals surface area contributed by atoms with Gasteiger partial charge in [-0.15, -0.1) is 0 Å². The van der Waals surface area contributed by atoms with Crippen LogP contribution < -0.4 is 5.32 Å². The summed E-state index contributed by atoms with van der Waals surface area (Å²) in [6.45, 7) is 2.08. The summed E-state index contributed by atoms with van der Waals surface area (Å²) >= 11 is 0. The number of aliphatic hydroxyl groups excluding tert-OH is 2. The largest absolute Gasteiger partial charge is 0.390 e. The number of anilines is 1. The molecule has 0 saturated heterocycles. The van der Waals surface area contributed by atoms with Gasteiger partial charge in [-0.2, -0.15) is 0 Å². The minimum absolute atomic E-state index is 0.0233. The first-order valence-electron chi connectivity index (χ1n) is 12.9. The lowest BCUT2D eigenvalue weighted by Gasteiger charge is -2.26. The highest BCUT2D eigenvalue weighted by atomic mass is 16.3. The topological polar surface area (TPSA) is 96.1 Å². The lowest BCUT2D eigenvalue weighted by Crippen LogP contribution is -2.29. The molecule has 7 nitrogen and oxygen atoms in total. The smallest absolute Gasteiger partial charge is 0.143 e. The number of rotatable bonds is 7. The molecule has 2 aliphatic rings. The van der Waals surface area contributed by atoms with E-state index >= 15 is 0 Å². The Kier molecular flexibility index (Phi) is 5.90. The zero-order valence-electron chi connectivity index (χ0n) is 20.1. The number of benzene rings is 1. The maximum atomic E-state index is 10.9. The number of aromatic nitrogens is 4. The summed E-state index contributed by atoms with van der Waals surface area (Å²) in [5.41, 5.74) is 4.06. The SMILES string of the molecule is CCc1ncnc2c1ccn2[C@@H]1C[C@H](CCc2ccc3ccc(NC4CCC4)nc3c2)[C@@H](O)[C@H]1O. The van der Waals surface area contributed by atoms with Crippen LogP contribution in [0, 0.1) is 5.92 Å². The van der Waals surface area contributed by atoms with Gasteiger partial charge in [0, 0.05) is 23.0 Å². The first kappa shape index (κ1) is 22.4. The van der Waals surface area contributed by atoms with Crippen LogP contribution in [0.15, 0.2) is 48.9 Å².